The molecule has 1 aliphatic heterocycles. The van der Waals surface area contributed by atoms with E-state index >= 15 is 0 Å². The molecule has 0 radical (unpaired) electrons. The number of halogens is 1. The number of benzene rings is 1. The average molecular weight is 268 g/mol. The molecule has 1 unspecified atom stereocenters. The van der Waals surface area contributed by atoms with Gasteiger partial charge < -0.3 is 5.32 Å². The highest BCUT2D eigenvalue weighted by Gasteiger charge is 2.27. The maximum absolute atomic E-state index is 11.6. The third kappa shape index (κ3) is 2.26. The molecule has 0 bridgehead atoms. The second kappa shape index (κ2) is 4.14. The molecule has 4 heteroatoms. The van der Waals surface area contributed by atoms with Gasteiger partial charge in [-0.1, -0.05) is 28.1 Å². The van der Waals surface area contributed by atoms with Crippen molar-refractivity contribution in [2.24, 2.45) is 0 Å². The molecule has 2 rings (SSSR count). The highest BCUT2D eigenvalue weighted by Crippen LogP contribution is 2.22. The number of Topliss-reactive ketones (excluding diaryl/α,β-unsaturated/α-hetero) is 1. The van der Waals surface area contributed by atoms with E-state index in [0.29, 0.717) is 12.8 Å². The van der Waals surface area contributed by atoms with Gasteiger partial charge in [-0.2, -0.15) is 0 Å². The maximum Gasteiger partial charge on any atom is 0.221 e. The number of piperidine rings is 1. The molecule has 1 saturated heterocycles. The Hall–Kier alpha value is -1.16. The monoisotopic (exact) mass is 267 g/mol. The summed E-state index contributed by atoms with van der Waals surface area (Å²) in [5.41, 5.74) is 0.844. The van der Waals surface area contributed by atoms with E-state index in [9.17, 15) is 9.59 Å². The lowest BCUT2D eigenvalue weighted by molar-refractivity contribution is -0.132. The van der Waals surface area contributed by atoms with E-state index in [1.165, 1.54) is 0 Å². The van der Waals surface area contributed by atoms with Crippen LogP contribution in [0.1, 0.15) is 24.4 Å². The highest BCUT2D eigenvalue weighted by molar-refractivity contribution is 9.10. The number of amides is 1. The van der Waals surface area contributed by atoms with Crippen molar-refractivity contribution in [2.75, 3.05) is 0 Å². The van der Waals surface area contributed by atoms with Crippen LogP contribution in [0.2, 0.25) is 0 Å². The van der Waals surface area contributed by atoms with Gasteiger partial charge in [0, 0.05) is 17.3 Å². The van der Waals surface area contributed by atoms with Gasteiger partial charge in [0.2, 0.25) is 5.91 Å². The number of nitrogens with one attached hydrogen (secondary N) is 1. The molecule has 1 aliphatic rings. The van der Waals surface area contributed by atoms with Crippen molar-refractivity contribution < 1.29 is 9.59 Å². The van der Waals surface area contributed by atoms with E-state index in [4.69, 9.17) is 0 Å². The largest absolute Gasteiger partial charge is 0.342 e. The Morgan fingerprint density at radius 2 is 1.80 bits per heavy atom. The van der Waals surface area contributed by atoms with Crippen LogP contribution in [0.5, 0.6) is 0 Å². The fourth-order valence-electron chi connectivity index (χ4n) is 1.62. The lowest BCUT2D eigenvalue weighted by Gasteiger charge is -2.22. The predicted octanol–water partition coefficient (Wildman–Crippen LogP) is 1.97. The first-order valence-electron chi connectivity index (χ1n) is 4.74. The molecular weight excluding hydrogens is 258 g/mol. The Morgan fingerprint density at radius 1 is 1.13 bits per heavy atom. The SMILES string of the molecule is O=C1CCC(=O)C(c2ccc(Br)cc2)N1. The fourth-order valence-corrected chi connectivity index (χ4v) is 1.88. The van der Waals surface area contributed by atoms with Crippen LogP contribution in [0, 0.1) is 0 Å². The van der Waals surface area contributed by atoms with Crippen molar-refractivity contribution >= 4 is 27.6 Å². The summed E-state index contributed by atoms with van der Waals surface area (Å²) >= 11 is 3.32. The van der Waals surface area contributed by atoms with Crippen LogP contribution in [0.15, 0.2) is 28.7 Å². The summed E-state index contributed by atoms with van der Waals surface area (Å²) in [4.78, 5) is 22.8. The molecule has 78 valence electrons. The number of carbonyl (C=O) groups is 2. The van der Waals surface area contributed by atoms with Gasteiger partial charge in [0.1, 0.15) is 6.04 Å². The fraction of sp³-hybridized carbons (Fsp3) is 0.273. The van der Waals surface area contributed by atoms with Crippen LogP contribution >= 0.6 is 15.9 Å². The van der Waals surface area contributed by atoms with E-state index < -0.39 is 6.04 Å². The zero-order chi connectivity index (χ0) is 10.8. The van der Waals surface area contributed by atoms with Gasteiger partial charge in [-0.15, -0.1) is 0 Å². The molecule has 1 fully saturated rings. The normalized spacial score (nSPS) is 21.3. The number of ketones is 1. The topological polar surface area (TPSA) is 46.2 Å². The van der Waals surface area contributed by atoms with Gasteiger partial charge in [0.25, 0.3) is 0 Å². The minimum Gasteiger partial charge on any atom is -0.342 e. The Bertz CT molecular complexity index is 400. The van der Waals surface area contributed by atoms with Crippen LogP contribution < -0.4 is 5.32 Å². The summed E-state index contributed by atoms with van der Waals surface area (Å²) in [6.07, 6.45) is 0.651. The molecule has 1 N–H and O–H groups in total. The Morgan fingerprint density at radius 3 is 2.47 bits per heavy atom. The number of hydrogen-bond acceptors (Lipinski definition) is 2. The van der Waals surface area contributed by atoms with Crippen LogP contribution in [0.3, 0.4) is 0 Å². The number of carbonyl (C=O) groups excluding carboxylic acids is 2. The quantitative estimate of drug-likeness (QED) is 0.846. The molecule has 1 aromatic rings. The van der Waals surface area contributed by atoms with Crippen molar-refractivity contribution in [3.8, 4) is 0 Å². The van der Waals surface area contributed by atoms with E-state index in [1.807, 2.05) is 24.3 Å². The highest BCUT2D eigenvalue weighted by atomic mass is 79.9. The molecule has 0 aliphatic carbocycles. The summed E-state index contributed by atoms with van der Waals surface area (Å²) in [6, 6.07) is 6.96. The number of rotatable bonds is 1. The van der Waals surface area contributed by atoms with E-state index in [-0.39, 0.29) is 11.7 Å². The van der Waals surface area contributed by atoms with Gasteiger partial charge in [0.15, 0.2) is 5.78 Å². The zero-order valence-electron chi connectivity index (χ0n) is 8.00. The molecule has 1 atom stereocenters. The summed E-state index contributed by atoms with van der Waals surface area (Å²) < 4.78 is 0.959. The molecule has 1 amide bonds. The van der Waals surface area contributed by atoms with Crippen molar-refractivity contribution in [2.45, 2.75) is 18.9 Å². The Balaban J connectivity index is 2.25. The van der Waals surface area contributed by atoms with Gasteiger partial charge in [-0.05, 0) is 17.7 Å². The van der Waals surface area contributed by atoms with Crippen molar-refractivity contribution in [3.63, 3.8) is 0 Å². The molecule has 0 saturated carbocycles. The first-order valence-corrected chi connectivity index (χ1v) is 5.53. The van der Waals surface area contributed by atoms with Crippen LogP contribution in [0.25, 0.3) is 0 Å². The maximum atomic E-state index is 11.6. The average Bonchev–Trinajstić information content (AvgIpc) is 2.23. The van der Waals surface area contributed by atoms with Crippen molar-refractivity contribution in [1.82, 2.24) is 5.32 Å². The summed E-state index contributed by atoms with van der Waals surface area (Å²) in [5, 5.41) is 2.70. The molecule has 0 aromatic heterocycles. The smallest absolute Gasteiger partial charge is 0.221 e. The van der Waals surface area contributed by atoms with Crippen LogP contribution in [0.4, 0.5) is 0 Å². The lowest BCUT2D eigenvalue weighted by atomic mass is 9.96. The van der Waals surface area contributed by atoms with Crippen LogP contribution in [-0.2, 0) is 9.59 Å². The first kappa shape index (κ1) is 10.4. The zero-order valence-corrected chi connectivity index (χ0v) is 9.58. The van der Waals surface area contributed by atoms with Crippen LogP contribution in [-0.4, -0.2) is 11.7 Å². The van der Waals surface area contributed by atoms with Gasteiger partial charge >= 0.3 is 0 Å². The second-order valence-corrected chi connectivity index (χ2v) is 4.43. The first-order chi connectivity index (χ1) is 7.16. The van der Waals surface area contributed by atoms with Crippen molar-refractivity contribution in [1.29, 1.82) is 0 Å². The Kier molecular flexibility index (Phi) is 2.86. The molecule has 1 heterocycles. The third-order valence-electron chi connectivity index (χ3n) is 2.43. The minimum atomic E-state index is -0.459. The summed E-state index contributed by atoms with van der Waals surface area (Å²) in [7, 11) is 0. The molecule has 0 spiro atoms. The van der Waals surface area contributed by atoms with Gasteiger partial charge in [0.05, 0.1) is 0 Å². The minimum absolute atomic E-state index is 0.0532. The van der Waals surface area contributed by atoms with E-state index in [2.05, 4.69) is 21.2 Å². The lowest BCUT2D eigenvalue weighted by Crippen LogP contribution is -2.38. The van der Waals surface area contributed by atoms with E-state index in [0.717, 1.165) is 10.0 Å². The standard InChI is InChI=1S/C11H10BrNO2/c12-8-3-1-7(2-4-8)11-9(14)5-6-10(15)13-11/h1-4,11H,5-6H2,(H,13,15). The second-order valence-electron chi connectivity index (χ2n) is 3.52. The summed E-state index contributed by atoms with van der Waals surface area (Å²) in [6.45, 7) is 0. The predicted molar refractivity (Wildman–Crippen MR) is 59.3 cm³/mol. The van der Waals surface area contributed by atoms with E-state index in [1.54, 1.807) is 0 Å². The molecule has 3 nitrogen and oxygen atoms in total. The molecule has 1 aromatic carbocycles. The molecular formula is C11H10BrNO2. The Labute approximate surface area is 96.0 Å². The summed E-state index contributed by atoms with van der Waals surface area (Å²) in [5.74, 6) is 0.0273. The molecule has 15 heavy (non-hydrogen) atoms. The van der Waals surface area contributed by atoms with Gasteiger partial charge in [-0.3, -0.25) is 9.59 Å². The third-order valence-corrected chi connectivity index (χ3v) is 2.96. The number of hydrogen-bond donors (Lipinski definition) is 1. The van der Waals surface area contributed by atoms with Gasteiger partial charge in [-0.25, -0.2) is 0 Å². The van der Waals surface area contributed by atoms with Crippen molar-refractivity contribution in [3.05, 3.63) is 34.3 Å².